The van der Waals surface area contributed by atoms with Crippen molar-refractivity contribution in [1.29, 1.82) is 0 Å². The lowest BCUT2D eigenvalue weighted by atomic mass is 10.2. The maximum atomic E-state index is 13.5. The standard InChI is InChI=1S/C16H21FN2O2/c1-2-19-6-7-20-16(11-19)12-21-15-9-13(4-3-5-18)8-14(17)10-15/h8-10,16H,2,5-7,11-12,18H2,1H3. The molecule has 1 aromatic rings. The predicted molar refractivity (Wildman–Crippen MR) is 79.7 cm³/mol. The Morgan fingerprint density at radius 2 is 2.33 bits per heavy atom. The van der Waals surface area contributed by atoms with Crippen molar-refractivity contribution in [2.75, 3.05) is 39.4 Å². The van der Waals surface area contributed by atoms with E-state index in [2.05, 4.69) is 23.7 Å². The zero-order valence-electron chi connectivity index (χ0n) is 12.3. The van der Waals surface area contributed by atoms with Gasteiger partial charge < -0.3 is 15.2 Å². The van der Waals surface area contributed by atoms with Gasteiger partial charge >= 0.3 is 0 Å². The third-order valence-electron chi connectivity index (χ3n) is 3.31. The molecule has 0 spiro atoms. The summed E-state index contributed by atoms with van der Waals surface area (Å²) in [6.07, 6.45) is 0.0144. The number of ether oxygens (including phenoxy) is 2. The maximum absolute atomic E-state index is 13.5. The summed E-state index contributed by atoms with van der Waals surface area (Å²) in [5.74, 6) is 5.61. The zero-order chi connectivity index (χ0) is 15.1. The predicted octanol–water partition coefficient (Wildman–Crippen LogP) is 1.24. The van der Waals surface area contributed by atoms with Crippen molar-refractivity contribution in [2.45, 2.75) is 13.0 Å². The summed E-state index contributed by atoms with van der Waals surface area (Å²) < 4.78 is 24.8. The molecule has 0 bridgehead atoms. The monoisotopic (exact) mass is 292 g/mol. The van der Waals surface area contributed by atoms with Crippen LogP contribution in [0.2, 0.25) is 0 Å². The van der Waals surface area contributed by atoms with E-state index in [4.69, 9.17) is 15.2 Å². The van der Waals surface area contributed by atoms with Crippen molar-refractivity contribution in [2.24, 2.45) is 5.73 Å². The lowest BCUT2D eigenvalue weighted by molar-refractivity contribution is -0.0464. The fourth-order valence-electron chi connectivity index (χ4n) is 2.23. The Balaban J connectivity index is 1.94. The van der Waals surface area contributed by atoms with Crippen LogP contribution in [0.1, 0.15) is 12.5 Å². The van der Waals surface area contributed by atoms with E-state index in [0.717, 1.165) is 19.6 Å². The van der Waals surface area contributed by atoms with E-state index in [1.54, 1.807) is 6.07 Å². The van der Waals surface area contributed by atoms with Gasteiger partial charge in [0.25, 0.3) is 0 Å². The minimum Gasteiger partial charge on any atom is -0.491 e. The largest absolute Gasteiger partial charge is 0.491 e. The highest BCUT2D eigenvalue weighted by molar-refractivity contribution is 5.40. The van der Waals surface area contributed by atoms with Gasteiger partial charge in [0, 0.05) is 24.7 Å². The topological polar surface area (TPSA) is 47.7 Å². The highest BCUT2D eigenvalue weighted by atomic mass is 19.1. The lowest BCUT2D eigenvalue weighted by Crippen LogP contribution is -2.44. The van der Waals surface area contributed by atoms with Gasteiger partial charge in [-0.1, -0.05) is 18.8 Å². The first-order valence-electron chi connectivity index (χ1n) is 7.17. The van der Waals surface area contributed by atoms with E-state index < -0.39 is 0 Å². The quantitative estimate of drug-likeness (QED) is 0.848. The molecule has 1 heterocycles. The average molecular weight is 292 g/mol. The summed E-state index contributed by atoms with van der Waals surface area (Å²) in [6, 6.07) is 4.44. The van der Waals surface area contributed by atoms with Crippen molar-refractivity contribution in [1.82, 2.24) is 4.90 Å². The Morgan fingerprint density at radius 1 is 1.48 bits per heavy atom. The second-order valence-electron chi connectivity index (χ2n) is 4.88. The Bertz CT molecular complexity index is 525. The molecule has 1 unspecified atom stereocenters. The lowest BCUT2D eigenvalue weighted by Gasteiger charge is -2.31. The van der Waals surface area contributed by atoms with Crippen LogP contribution in [-0.4, -0.2) is 50.4 Å². The van der Waals surface area contributed by atoms with Gasteiger partial charge in [0.15, 0.2) is 0 Å². The van der Waals surface area contributed by atoms with Gasteiger partial charge in [0.1, 0.15) is 24.3 Å². The first-order valence-corrected chi connectivity index (χ1v) is 7.17. The molecule has 2 N–H and O–H groups in total. The van der Waals surface area contributed by atoms with Crippen LogP contribution in [0.4, 0.5) is 4.39 Å². The Hall–Kier alpha value is -1.61. The van der Waals surface area contributed by atoms with Crippen LogP contribution in [0.3, 0.4) is 0 Å². The summed E-state index contributed by atoms with van der Waals surface area (Å²) in [4.78, 5) is 2.31. The molecule has 0 amide bonds. The van der Waals surface area contributed by atoms with E-state index >= 15 is 0 Å². The number of hydrogen-bond donors (Lipinski definition) is 1. The van der Waals surface area contributed by atoms with E-state index in [9.17, 15) is 4.39 Å². The van der Waals surface area contributed by atoms with Gasteiger partial charge in [-0.25, -0.2) is 4.39 Å². The third-order valence-corrected chi connectivity index (χ3v) is 3.31. The minimum atomic E-state index is -0.367. The Morgan fingerprint density at radius 3 is 3.10 bits per heavy atom. The van der Waals surface area contributed by atoms with Crippen LogP contribution in [0, 0.1) is 17.7 Å². The Kier molecular flexibility index (Phi) is 6.00. The summed E-state index contributed by atoms with van der Waals surface area (Å²) >= 11 is 0. The number of benzene rings is 1. The van der Waals surface area contributed by atoms with Crippen molar-refractivity contribution in [3.8, 4) is 17.6 Å². The molecule has 1 aromatic carbocycles. The highest BCUT2D eigenvalue weighted by Crippen LogP contribution is 2.17. The fraction of sp³-hybridized carbons (Fsp3) is 0.500. The first-order chi connectivity index (χ1) is 10.2. The molecule has 0 aromatic heterocycles. The first kappa shape index (κ1) is 15.8. The number of hydrogen-bond acceptors (Lipinski definition) is 4. The van der Waals surface area contributed by atoms with Crippen LogP contribution >= 0.6 is 0 Å². The second kappa shape index (κ2) is 7.99. The highest BCUT2D eigenvalue weighted by Gasteiger charge is 2.19. The van der Waals surface area contributed by atoms with Gasteiger partial charge in [0.05, 0.1) is 13.2 Å². The fourth-order valence-corrected chi connectivity index (χ4v) is 2.23. The van der Waals surface area contributed by atoms with Crippen molar-refractivity contribution in [3.63, 3.8) is 0 Å². The van der Waals surface area contributed by atoms with Crippen molar-refractivity contribution in [3.05, 3.63) is 29.6 Å². The number of nitrogens with two attached hydrogens (primary N) is 1. The van der Waals surface area contributed by atoms with E-state index in [0.29, 0.717) is 24.5 Å². The van der Waals surface area contributed by atoms with Crippen LogP contribution in [0.15, 0.2) is 18.2 Å². The molecule has 1 atom stereocenters. The summed E-state index contributed by atoms with van der Waals surface area (Å²) in [7, 11) is 0. The molecule has 21 heavy (non-hydrogen) atoms. The number of rotatable bonds is 4. The van der Waals surface area contributed by atoms with Crippen LogP contribution in [-0.2, 0) is 4.74 Å². The van der Waals surface area contributed by atoms with Gasteiger partial charge in [-0.05, 0) is 18.7 Å². The zero-order valence-corrected chi connectivity index (χ0v) is 12.3. The van der Waals surface area contributed by atoms with E-state index in [-0.39, 0.29) is 18.5 Å². The molecule has 0 radical (unpaired) electrons. The maximum Gasteiger partial charge on any atom is 0.128 e. The SMILES string of the molecule is CCN1CCOC(COc2cc(F)cc(C#CCN)c2)C1. The third kappa shape index (κ3) is 5.01. The molecule has 114 valence electrons. The van der Waals surface area contributed by atoms with Gasteiger partial charge in [-0.15, -0.1) is 0 Å². The molecule has 0 aliphatic carbocycles. The van der Waals surface area contributed by atoms with E-state index in [1.165, 1.54) is 12.1 Å². The average Bonchev–Trinajstić information content (AvgIpc) is 2.50. The number of morpholine rings is 1. The molecule has 1 fully saturated rings. The number of nitrogens with zero attached hydrogens (tertiary/aromatic N) is 1. The van der Waals surface area contributed by atoms with Crippen LogP contribution < -0.4 is 10.5 Å². The molecule has 1 saturated heterocycles. The molecule has 0 saturated carbocycles. The molecule has 4 nitrogen and oxygen atoms in total. The molecule has 2 rings (SSSR count). The normalized spacial score (nSPS) is 18.9. The summed E-state index contributed by atoms with van der Waals surface area (Å²) in [5, 5.41) is 0. The van der Waals surface area contributed by atoms with Gasteiger partial charge in [-0.3, -0.25) is 4.90 Å². The number of likely N-dealkylation sites (N-methyl/N-ethyl adjacent to an activating group) is 1. The minimum absolute atomic E-state index is 0.0144. The van der Waals surface area contributed by atoms with Crippen molar-refractivity contribution < 1.29 is 13.9 Å². The molecule has 1 aliphatic rings. The summed E-state index contributed by atoms with van der Waals surface area (Å²) in [6.45, 7) is 6.27. The van der Waals surface area contributed by atoms with Crippen LogP contribution in [0.5, 0.6) is 5.75 Å². The van der Waals surface area contributed by atoms with Crippen LogP contribution in [0.25, 0.3) is 0 Å². The molecule has 1 aliphatic heterocycles. The number of halogens is 1. The molecular weight excluding hydrogens is 271 g/mol. The summed E-state index contributed by atoms with van der Waals surface area (Å²) in [5.41, 5.74) is 5.88. The molecular formula is C16H21FN2O2. The second-order valence-corrected chi connectivity index (χ2v) is 4.88. The van der Waals surface area contributed by atoms with Gasteiger partial charge in [0.2, 0.25) is 0 Å². The van der Waals surface area contributed by atoms with E-state index in [1.807, 2.05) is 0 Å². The molecule has 5 heteroatoms. The van der Waals surface area contributed by atoms with Crippen molar-refractivity contribution >= 4 is 0 Å². The Labute approximate surface area is 125 Å². The van der Waals surface area contributed by atoms with Gasteiger partial charge in [-0.2, -0.15) is 0 Å². The smallest absolute Gasteiger partial charge is 0.128 e.